The summed E-state index contributed by atoms with van der Waals surface area (Å²) in [5.74, 6) is -0.437. The van der Waals surface area contributed by atoms with Crippen LogP contribution >= 0.6 is 0 Å². The van der Waals surface area contributed by atoms with Crippen LogP contribution in [-0.4, -0.2) is 85.5 Å². The minimum absolute atomic E-state index is 0.0603. The van der Waals surface area contributed by atoms with Gasteiger partial charge in [0.1, 0.15) is 5.71 Å². The molecule has 0 aliphatic carbocycles. The molecule has 0 bridgehead atoms. The van der Waals surface area contributed by atoms with Crippen molar-refractivity contribution in [2.75, 3.05) is 31.3 Å². The molecule has 4 heterocycles. The van der Waals surface area contributed by atoms with Crippen LogP contribution in [0.15, 0.2) is 5.10 Å². The molecule has 0 N–H and O–H groups in total. The van der Waals surface area contributed by atoms with Crippen molar-refractivity contribution >= 4 is 27.4 Å². The molecule has 10 heteroatoms. The van der Waals surface area contributed by atoms with Crippen LogP contribution in [0.25, 0.3) is 0 Å². The zero-order valence-electron chi connectivity index (χ0n) is 15.2. The number of amides is 2. The zero-order valence-corrected chi connectivity index (χ0v) is 16.0. The highest BCUT2D eigenvalue weighted by Gasteiger charge is 2.41. The van der Waals surface area contributed by atoms with Gasteiger partial charge in [-0.15, -0.1) is 0 Å². The summed E-state index contributed by atoms with van der Waals surface area (Å²) in [6.45, 7) is 1.67. The van der Waals surface area contributed by atoms with E-state index < -0.39 is 22.2 Å². The number of carbonyl (C=O) groups excluding carboxylic acids is 2. The maximum Gasteiger partial charge on any atom is 0.270 e. The highest BCUT2D eigenvalue weighted by atomic mass is 32.2. The Morgan fingerprint density at radius 3 is 2.59 bits per heavy atom. The van der Waals surface area contributed by atoms with Gasteiger partial charge in [-0.25, -0.2) is 13.4 Å². The maximum absolute atomic E-state index is 13.1. The molecule has 0 aromatic rings. The molecule has 4 rings (SSSR count). The van der Waals surface area contributed by atoms with E-state index in [1.807, 2.05) is 0 Å². The first-order valence-corrected chi connectivity index (χ1v) is 11.4. The van der Waals surface area contributed by atoms with Crippen LogP contribution < -0.4 is 0 Å². The van der Waals surface area contributed by atoms with Crippen molar-refractivity contribution in [1.29, 1.82) is 0 Å². The minimum Gasteiger partial charge on any atom is -0.348 e. The van der Waals surface area contributed by atoms with E-state index in [0.717, 1.165) is 19.3 Å². The van der Waals surface area contributed by atoms with Crippen molar-refractivity contribution in [2.45, 2.75) is 56.9 Å². The quantitative estimate of drug-likeness (QED) is 0.657. The largest absolute Gasteiger partial charge is 0.348 e. The molecule has 3 fully saturated rings. The summed E-state index contributed by atoms with van der Waals surface area (Å²) in [6.07, 6.45) is 3.15. The lowest BCUT2D eigenvalue weighted by Crippen LogP contribution is -2.53. The number of hydrazone groups is 1. The van der Waals surface area contributed by atoms with Crippen LogP contribution in [0.3, 0.4) is 0 Å². The second kappa shape index (κ2) is 7.48. The Morgan fingerprint density at radius 2 is 1.89 bits per heavy atom. The maximum atomic E-state index is 13.1. The van der Waals surface area contributed by atoms with Gasteiger partial charge in [0.15, 0.2) is 16.1 Å². The van der Waals surface area contributed by atoms with E-state index in [9.17, 15) is 18.0 Å². The first kappa shape index (κ1) is 18.8. The summed E-state index contributed by atoms with van der Waals surface area (Å²) < 4.78 is 34.7. The molecule has 0 aromatic heterocycles. The Morgan fingerprint density at radius 1 is 1.11 bits per heavy atom. The fourth-order valence-corrected chi connectivity index (χ4v) is 5.93. The summed E-state index contributed by atoms with van der Waals surface area (Å²) >= 11 is 0. The van der Waals surface area contributed by atoms with Crippen LogP contribution in [0, 0.1) is 0 Å². The smallest absolute Gasteiger partial charge is 0.270 e. The number of ether oxygens (including phenoxy) is 2. The van der Waals surface area contributed by atoms with Gasteiger partial charge in [-0.3, -0.25) is 9.59 Å². The molecule has 0 saturated carbocycles. The molecule has 0 radical (unpaired) electrons. The average Bonchev–Trinajstić information content (AvgIpc) is 3.31. The summed E-state index contributed by atoms with van der Waals surface area (Å²) in [7, 11) is -3.14. The number of hydrogen-bond acceptors (Lipinski definition) is 7. The lowest BCUT2D eigenvalue weighted by molar-refractivity contribution is -0.144. The fourth-order valence-electron chi connectivity index (χ4n) is 4.24. The Balaban J connectivity index is 1.52. The Bertz CT molecular complexity index is 746. The van der Waals surface area contributed by atoms with Crippen LogP contribution in [-0.2, 0) is 28.9 Å². The third kappa shape index (κ3) is 3.88. The molecule has 2 amide bonds. The lowest BCUT2D eigenvalue weighted by atomic mass is 10.00. The van der Waals surface area contributed by atoms with Crippen molar-refractivity contribution in [2.24, 2.45) is 5.10 Å². The fraction of sp³-hybridized carbons (Fsp3) is 0.824. The topological polar surface area (TPSA) is 106 Å². The van der Waals surface area contributed by atoms with E-state index in [-0.39, 0.29) is 42.2 Å². The first-order valence-electron chi connectivity index (χ1n) is 9.59. The highest BCUT2D eigenvalue weighted by Crippen LogP contribution is 2.27. The summed E-state index contributed by atoms with van der Waals surface area (Å²) in [5, 5.41) is 5.55. The van der Waals surface area contributed by atoms with Crippen LogP contribution in [0.5, 0.6) is 0 Å². The number of nitrogens with zero attached hydrogens (tertiary/aromatic N) is 3. The van der Waals surface area contributed by atoms with Crippen molar-refractivity contribution in [1.82, 2.24) is 9.91 Å². The molecule has 4 aliphatic heterocycles. The number of sulfone groups is 1. The predicted octanol–water partition coefficient (Wildman–Crippen LogP) is -0.0941. The molecule has 150 valence electrons. The van der Waals surface area contributed by atoms with Gasteiger partial charge in [-0.2, -0.15) is 5.10 Å². The second-order valence-corrected chi connectivity index (χ2v) is 9.74. The number of rotatable bonds is 3. The molecular formula is C17H25N3O6S. The number of hydrogen-bond donors (Lipinski definition) is 0. The average molecular weight is 399 g/mol. The molecule has 9 nitrogen and oxygen atoms in total. The summed E-state index contributed by atoms with van der Waals surface area (Å²) in [5.41, 5.74) is 0.323. The van der Waals surface area contributed by atoms with E-state index in [4.69, 9.17) is 9.47 Å². The summed E-state index contributed by atoms with van der Waals surface area (Å²) in [6, 6.07) is -0.612. The van der Waals surface area contributed by atoms with Crippen molar-refractivity contribution in [3.05, 3.63) is 0 Å². The standard InChI is InChI=1S/C17H25N3O6S/c21-15-5-4-13(18-20(15)12-6-10-27(23,24)11-12)16(22)19-7-2-1-3-14(19)17-25-8-9-26-17/h12,14,17H,1-11H2. The van der Waals surface area contributed by atoms with Gasteiger partial charge in [0.05, 0.1) is 36.8 Å². The second-order valence-electron chi connectivity index (χ2n) is 7.51. The van der Waals surface area contributed by atoms with Crippen LogP contribution in [0.1, 0.15) is 38.5 Å². The molecule has 0 aromatic carbocycles. The van der Waals surface area contributed by atoms with E-state index >= 15 is 0 Å². The highest BCUT2D eigenvalue weighted by molar-refractivity contribution is 7.91. The zero-order chi connectivity index (χ0) is 19.0. The van der Waals surface area contributed by atoms with Gasteiger partial charge in [-0.05, 0) is 25.7 Å². The molecule has 2 atom stereocenters. The predicted molar refractivity (Wildman–Crippen MR) is 95.6 cm³/mol. The molecule has 0 spiro atoms. The van der Waals surface area contributed by atoms with E-state index in [0.29, 0.717) is 31.9 Å². The number of carbonyl (C=O) groups is 2. The van der Waals surface area contributed by atoms with E-state index in [1.54, 1.807) is 4.90 Å². The van der Waals surface area contributed by atoms with Gasteiger partial charge in [0.2, 0.25) is 5.91 Å². The van der Waals surface area contributed by atoms with Crippen LogP contribution in [0.4, 0.5) is 0 Å². The van der Waals surface area contributed by atoms with Crippen molar-refractivity contribution < 1.29 is 27.5 Å². The van der Waals surface area contributed by atoms with Gasteiger partial charge in [0.25, 0.3) is 5.91 Å². The normalized spacial score (nSPS) is 32.0. The van der Waals surface area contributed by atoms with E-state index in [1.165, 1.54) is 5.01 Å². The van der Waals surface area contributed by atoms with E-state index in [2.05, 4.69) is 5.10 Å². The SMILES string of the molecule is O=C(C1=NN(C2CCS(=O)(=O)C2)C(=O)CC1)N1CCCCC1C1OCCO1. The Labute approximate surface area is 158 Å². The van der Waals surface area contributed by atoms with Gasteiger partial charge >= 0.3 is 0 Å². The van der Waals surface area contributed by atoms with Gasteiger partial charge in [-0.1, -0.05) is 0 Å². The van der Waals surface area contributed by atoms with Crippen molar-refractivity contribution in [3.8, 4) is 0 Å². The van der Waals surface area contributed by atoms with Gasteiger partial charge in [0, 0.05) is 19.4 Å². The Kier molecular flexibility index (Phi) is 5.21. The van der Waals surface area contributed by atoms with Crippen LogP contribution in [0.2, 0.25) is 0 Å². The Hall–Kier alpha value is -1.52. The van der Waals surface area contributed by atoms with Gasteiger partial charge < -0.3 is 14.4 Å². The molecule has 3 saturated heterocycles. The number of piperidine rings is 1. The molecular weight excluding hydrogens is 374 g/mol. The van der Waals surface area contributed by atoms with Crippen molar-refractivity contribution in [3.63, 3.8) is 0 Å². The molecule has 2 unspecified atom stereocenters. The third-order valence-electron chi connectivity index (χ3n) is 5.63. The first-order chi connectivity index (χ1) is 12.9. The monoisotopic (exact) mass is 399 g/mol. The summed E-state index contributed by atoms with van der Waals surface area (Å²) in [4.78, 5) is 27.2. The number of likely N-dealkylation sites (tertiary alicyclic amines) is 1. The third-order valence-corrected chi connectivity index (χ3v) is 7.38. The minimum atomic E-state index is -3.14. The molecule has 27 heavy (non-hydrogen) atoms. The molecule has 4 aliphatic rings. The lowest BCUT2D eigenvalue weighted by Gasteiger charge is -2.39.